The maximum Gasteiger partial charge on any atom is 0.387 e. The fourth-order valence-corrected chi connectivity index (χ4v) is 6.92. The second-order valence-electron chi connectivity index (χ2n) is 8.85. The summed E-state index contributed by atoms with van der Waals surface area (Å²) in [5, 5.41) is 9.88. The smallest absolute Gasteiger partial charge is 0.343 e. The van der Waals surface area contributed by atoms with Crippen molar-refractivity contribution in [3.05, 3.63) is 18.3 Å². The second-order valence-corrected chi connectivity index (χ2v) is 14.6. The Labute approximate surface area is 238 Å². The average molecular weight is 653 g/mol. The van der Waals surface area contributed by atoms with Crippen LogP contribution in [0.25, 0.3) is 11.2 Å². The molecule has 0 aliphatic carbocycles. The van der Waals surface area contributed by atoms with Gasteiger partial charge in [0.1, 0.15) is 24.3 Å². The Morgan fingerprint density at radius 3 is 2.93 bits per heavy atom. The van der Waals surface area contributed by atoms with Gasteiger partial charge in [0, 0.05) is 6.54 Å². The van der Waals surface area contributed by atoms with Crippen LogP contribution in [0.2, 0.25) is 0 Å². The number of amidine groups is 1. The minimum atomic E-state index is -4.59. The molecule has 4 aliphatic heterocycles. The van der Waals surface area contributed by atoms with Gasteiger partial charge in [-0.1, -0.05) is 12.2 Å². The number of rotatable bonds is 1. The Balaban J connectivity index is 1.36. The van der Waals surface area contributed by atoms with Crippen molar-refractivity contribution in [3.8, 4) is 0 Å². The van der Waals surface area contributed by atoms with Gasteiger partial charge in [-0.2, -0.15) is 4.99 Å². The van der Waals surface area contributed by atoms with Crippen molar-refractivity contribution in [3.63, 3.8) is 0 Å². The second kappa shape index (κ2) is 10.4. The first-order valence-corrected chi connectivity index (χ1v) is 16.9. The molecule has 6 heterocycles. The van der Waals surface area contributed by atoms with Crippen molar-refractivity contribution < 1.29 is 45.9 Å². The highest BCUT2D eigenvalue weighted by Crippen LogP contribution is 2.58. The highest BCUT2D eigenvalue weighted by atomic mass is 32.7. The summed E-state index contributed by atoms with van der Waals surface area (Å²) < 4.78 is 73.2. The lowest BCUT2D eigenvalue weighted by atomic mass is 10.1. The summed E-state index contributed by atoms with van der Waals surface area (Å²) >= 11 is 8.91. The molecular weight excluding hydrogens is 634 g/mol. The first-order valence-electron chi connectivity index (χ1n) is 11.6. The Kier molecular flexibility index (Phi) is 7.33. The molecule has 0 radical (unpaired) electrons. The summed E-state index contributed by atoms with van der Waals surface area (Å²) in [4.78, 5) is 43.9. The van der Waals surface area contributed by atoms with E-state index in [0.717, 1.165) is 11.2 Å². The number of hydrogen-bond acceptors (Lipinski definition) is 14. The van der Waals surface area contributed by atoms with E-state index >= 15 is 8.78 Å². The number of hydrogen-bond donors (Lipinski definition) is 4. The van der Waals surface area contributed by atoms with E-state index in [0.29, 0.717) is 11.2 Å². The summed E-state index contributed by atoms with van der Waals surface area (Å²) in [5.41, 5.74) is 0.685. The van der Waals surface area contributed by atoms with Gasteiger partial charge in [-0.15, -0.1) is 0 Å². The molecule has 3 N–H and O–H groups in total. The highest BCUT2D eigenvalue weighted by molar-refractivity contribution is 8.44. The Morgan fingerprint density at radius 1 is 1.32 bits per heavy atom. The topological polar surface area (TPSA) is 208 Å². The lowest BCUT2D eigenvalue weighted by Gasteiger charge is -2.31. The fourth-order valence-electron chi connectivity index (χ4n) is 4.45. The average Bonchev–Trinajstić information content (AvgIpc) is 3.54. The molecule has 23 heteroatoms. The number of nitrogens with zero attached hydrogens (tertiary/aromatic N) is 7. The third-order valence-corrected chi connectivity index (χ3v) is 9.46. The number of thiol groups is 1. The van der Waals surface area contributed by atoms with E-state index < -0.39 is 69.0 Å². The van der Waals surface area contributed by atoms with Crippen LogP contribution in [0, 0.1) is 5.41 Å². The molecule has 1 fully saturated rings. The van der Waals surface area contributed by atoms with Crippen LogP contribution in [0.15, 0.2) is 22.5 Å². The summed E-state index contributed by atoms with van der Waals surface area (Å²) in [6, 6.07) is -1.25. The van der Waals surface area contributed by atoms with Crippen molar-refractivity contribution in [1.29, 1.82) is 5.41 Å². The Hall–Kier alpha value is -2.32. The molecule has 41 heavy (non-hydrogen) atoms. The van der Waals surface area contributed by atoms with Crippen LogP contribution < -0.4 is 5.32 Å². The van der Waals surface area contributed by atoms with Crippen LogP contribution in [-0.4, -0.2) is 97.0 Å². The molecule has 3 unspecified atom stereocenters. The number of imidazole rings is 1. The van der Waals surface area contributed by atoms with Crippen molar-refractivity contribution in [2.45, 2.75) is 43.6 Å². The molecule has 0 aromatic carbocycles. The van der Waals surface area contributed by atoms with Crippen molar-refractivity contribution in [2.24, 2.45) is 9.98 Å². The first kappa shape index (κ1) is 28.8. The molecule has 2 aromatic heterocycles. The number of carbonyl (C=O) groups excluding carboxylic acids is 1. The highest BCUT2D eigenvalue weighted by Gasteiger charge is 2.64. The lowest BCUT2D eigenvalue weighted by Crippen LogP contribution is -2.54. The molecule has 6 rings (SSSR count). The Bertz CT molecular complexity index is 1590. The van der Waals surface area contributed by atoms with Gasteiger partial charge in [0.15, 0.2) is 36.0 Å². The monoisotopic (exact) mass is 653 g/mol. The van der Waals surface area contributed by atoms with E-state index in [-0.39, 0.29) is 24.8 Å². The predicted molar refractivity (Wildman–Crippen MR) is 141 cm³/mol. The van der Waals surface area contributed by atoms with Gasteiger partial charge in [-0.05, 0) is 11.8 Å². The number of carbonyl (C=O) groups is 1. The molecule has 2 aromatic rings. The minimum absolute atomic E-state index is 0.0210. The maximum atomic E-state index is 15.8. The third kappa shape index (κ3) is 5.47. The van der Waals surface area contributed by atoms with Crippen LogP contribution >= 0.6 is 25.8 Å². The molecule has 6 atom stereocenters. The number of aliphatic imine (C=N–C) groups is 2. The normalized spacial score (nSPS) is 35.8. The van der Waals surface area contributed by atoms with Crippen LogP contribution in [0.3, 0.4) is 0 Å². The van der Waals surface area contributed by atoms with Gasteiger partial charge < -0.3 is 23.2 Å². The number of fused-ring (bicyclic) bond motifs is 6. The van der Waals surface area contributed by atoms with E-state index in [2.05, 4.69) is 42.5 Å². The van der Waals surface area contributed by atoms with E-state index in [4.69, 9.17) is 40.0 Å². The number of guanidine groups is 1. The van der Waals surface area contributed by atoms with E-state index in [1.165, 1.54) is 17.1 Å². The first-order chi connectivity index (χ1) is 19.3. The van der Waals surface area contributed by atoms with E-state index in [1.54, 1.807) is 0 Å². The van der Waals surface area contributed by atoms with Crippen molar-refractivity contribution in [2.75, 3.05) is 13.2 Å². The van der Waals surface area contributed by atoms with E-state index in [1.807, 2.05) is 0 Å². The minimum Gasteiger partial charge on any atom is -0.343 e. The van der Waals surface area contributed by atoms with Gasteiger partial charge in [0.05, 0.1) is 25.7 Å². The number of alkyl halides is 2. The molecule has 0 saturated carbocycles. The molecule has 1 saturated heterocycles. The molecule has 220 valence electrons. The number of nitrogens with one attached hydrogen (secondary N) is 2. The van der Waals surface area contributed by atoms with Crippen LogP contribution in [0.5, 0.6) is 0 Å². The molecule has 1 amide bonds. The number of amides is 1. The molecule has 0 spiro atoms. The van der Waals surface area contributed by atoms with E-state index in [9.17, 15) is 14.3 Å². The SMILES string of the molecule is N=C1N=C2C(N=CN2[C@@H]2O[C@@H]3COP(O)(=S)OCCn4c(nc5cncnc54)COP(=O)(S)O[C@@H]2C3(F)F)C(=O)N1. The zero-order chi connectivity index (χ0) is 29.2. The zero-order valence-corrected chi connectivity index (χ0v) is 23.8. The van der Waals surface area contributed by atoms with Gasteiger partial charge in [-0.25, -0.2) is 28.3 Å². The Morgan fingerprint density at radius 2 is 2.12 bits per heavy atom. The van der Waals surface area contributed by atoms with Crippen LogP contribution in [0.1, 0.15) is 5.82 Å². The number of aromatic nitrogens is 4. The quantitative estimate of drug-likeness (QED) is 0.246. The summed E-state index contributed by atoms with van der Waals surface area (Å²) in [6.07, 6.45) is -2.59. The predicted octanol–water partition coefficient (Wildman–Crippen LogP) is 0.565. The largest absolute Gasteiger partial charge is 0.387 e. The summed E-state index contributed by atoms with van der Waals surface area (Å²) in [7, 11) is 0. The van der Waals surface area contributed by atoms with Crippen molar-refractivity contribution >= 4 is 72.8 Å². The van der Waals surface area contributed by atoms with Crippen molar-refractivity contribution in [1.82, 2.24) is 29.7 Å². The number of ether oxygens (including phenoxy) is 1. The van der Waals surface area contributed by atoms with Crippen LogP contribution in [-0.2, 0) is 57.1 Å². The van der Waals surface area contributed by atoms with Gasteiger partial charge in [0.25, 0.3) is 5.91 Å². The summed E-state index contributed by atoms with van der Waals surface area (Å²) in [6.45, 7) is -10.3. The van der Waals surface area contributed by atoms with Gasteiger partial charge in [0.2, 0.25) is 5.96 Å². The molecular formula is C18H19F2N9O8P2S2. The maximum absolute atomic E-state index is 15.8. The van der Waals surface area contributed by atoms with Gasteiger partial charge in [-0.3, -0.25) is 34.5 Å². The molecule has 2 bridgehead atoms. The number of halogens is 2. The lowest BCUT2D eigenvalue weighted by molar-refractivity contribution is -0.119. The summed E-state index contributed by atoms with van der Waals surface area (Å²) in [5.74, 6) is -5.29. The molecule has 17 nitrogen and oxygen atoms in total. The third-order valence-electron chi connectivity index (χ3n) is 6.26. The molecule has 4 aliphatic rings. The van der Waals surface area contributed by atoms with Crippen LogP contribution in [0.4, 0.5) is 8.78 Å². The fraction of sp³-hybridized carbons (Fsp3) is 0.500. The zero-order valence-electron chi connectivity index (χ0n) is 20.3. The van der Waals surface area contributed by atoms with Gasteiger partial charge >= 0.3 is 19.4 Å². The standard InChI is InChI=1S/C18H19F2N9O8P2S2/c19-18(20)9-4-34-38(31,40)33-2-1-28-10(25-8-3-22-6-23-13(8)28)5-35-39(32,41)37-12(18)16(36-9)29-7-24-11-14(29)26-17(21)27-15(11)30/h3,6-7,9,11-12,16H,1-2,4-5H2,(H,31,40)(H,32,41)(H2,21,27,30)/t9-,11?,12+,16-,38?,39?/m1/s1.